The van der Waals surface area contributed by atoms with Crippen LogP contribution in [0.3, 0.4) is 0 Å². The van der Waals surface area contributed by atoms with E-state index in [0.717, 1.165) is 0 Å². The highest BCUT2D eigenvalue weighted by molar-refractivity contribution is 7.13. The number of nitrogens with zero attached hydrogens (tertiary/aromatic N) is 2. The van der Waals surface area contributed by atoms with E-state index in [1.807, 2.05) is 0 Å². The highest BCUT2D eigenvalue weighted by Crippen LogP contribution is 2.25. The normalized spacial score (nSPS) is 11.3. The summed E-state index contributed by atoms with van der Waals surface area (Å²) < 4.78 is 45.4. The molecule has 0 aliphatic heterocycles. The molecule has 0 aliphatic rings. The van der Waals surface area contributed by atoms with Gasteiger partial charge in [0, 0.05) is 23.2 Å². The molecular formula is C13H11F3N2O3S. The molecule has 9 heteroatoms. The first-order chi connectivity index (χ1) is 10.4. The number of ether oxygens (including phenoxy) is 2. The van der Waals surface area contributed by atoms with Crippen molar-refractivity contribution in [2.75, 3.05) is 13.2 Å². The molecule has 0 atom stereocenters. The summed E-state index contributed by atoms with van der Waals surface area (Å²) in [6.07, 6.45) is -3.08. The number of hydrogen-bond acceptors (Lipinski definition) is 6. The lowest BCUT2D eigenvalue weighted by Crippen LogP contribution is -2.19. The van der Waals surface area contributed by atoms with Gasteiger partial charge in [0.1, 0.15) is 5.01 Å². The Kier molecular flexibility index (Phi) is 4.96. The lowest BCUT2D eigenvalue weighted by atomic mass is 10.3. The molecule has 0 radical (unpaired) electrons. The molecule has 118 valence electrons. The van der Waals surface area contributed by atoms with E-state index in [2.05, 4.69) is 14.7 Å². The molecule has 2 rings (SSSR count). The predicted molar refractivity (Wildman–Crippen MR) is 72.9 cm³/mol. The van der Waals surface area contributed by atoms with Gasteiger partial charge in [-0.2, -0.15) is 13.2 Å². The lowest BCUT2D eigenvalue weighted by Gasteiger charge is -2.08. The van der Waals surface area contributed by atoms with E-state index in [0.29, 0.717) is 10.6 Å². The minimum Gasteiger partial charge on any atom is -0.468 e. The van der Waals surface area contributed by atoms with Gasteiger partial charge < -0.3 is 9.47 Å². The molecule has 0 spiro atoms. The molecule has 2 aromatic heterocycles. The van der Waals surface area contributed by atoms with Gasteiger partial charge in [0.05, 0.1) is 6.61 Å². The zero-order valence-electron chi connectivity index (χ0n) is 11.4. The van der Waals surface area contributed by atoms with Crippen molar-refractivity contribution in [3.8, 4) is 16.5 Å². The summed E-state index contributed by atoms with van der Waals surface area (Å²) in [5, 5.41) is 2.06. The van der Waals surface area contributed by atoms with Crippen LogP contribution in [0.4, 0.5) is 13.2 Å². The molecule has 22 heavy (non-hydrogen) atoms. The largest absolute Gasteiger partial charge is 0.468 e. The third-order valence-electron chi connectivity index (χ3n) is 2.36. The van der Waals surface area contributed by atoms with Crippen LogP contribution in [-0.2, 0) is 4.74 Å². The van der Waals surface area contributed by atoms with Gasteiger partial charge in [0.2, 0.25) is 5.88 Å². The maximum Gasteiger partial charge on any atom is 0.422 e. The quantitative estimate of drug-likeness (QED) is 0.786. The minimum absolute atomic E-state index is 0.136. The molecular weight excluding hydrogens is 321 g/mol. The van der Waals surface area contributed by atoms with Crippen LogP contribution < -0.4 is 4.74 Å². The number of carbonyl (C=O) groups excluding carboxylic acids is 1. The Bertz CT molecular complexity index is 641. The first kappa shape index (κ1) is 16.2. The van der Waals surface area contributed by atoms with Crippen molar-refractivity contribution in [1.82, 2.24) is 9.97 Å². The standard InChI is InChI=1S/C13H11F3N2O3S/c1-2-20-12(19)9-6-22-11(18-9)8-3-4-10(17-5-8)21-7-13(14,15)16/h3-6H,2,7H2,1H3. The van der Waals surface area contributed by atoms with Crippen molar-refractivity contribution < 1.29 is 27.4 Å². The first-order valence-electron chi connectivity index (χ1n) is 6.17. The second-order valence-electron chi connectivity index (χ2n) is 4.05. The molecule has 0 N–H and O–H groups in total. The number of thiazole rings is 1. The molecule has 0 aromatic carbocycles. The number of esters is 1. The van der Waals surface area contributed by atoms with Gasteiger partial charge >= 0.3 is 12.1 Å². The molecule has 0 bridgehead atoms. The smallest absolute Gasteiger partial charge is 0.422 e. The van der Waals surface area contributed by atoms with Gasteiger partial charge in [0.15, 0.2) is 12.3 Å². The summed E-state index contributed by atoms with van der Waals surface area (Å²) in [5.41, 5.74) is 0.749. The van der Waals surface area contributed by atoms with E-state index in [9.17, 15) is 18.0 Å². The van der Waals surface area contributed by atoms with Gasteiger partial charge in [-0.3, -0.25) is 0 Å². The van der Waals surface area contributed by atoms with Crippen LogP contribution in [0.15, 0.2) is 23.7 Å². The number of pyridine rings is 1. The zero-order valence-corrected chi connectivity index (χ0v) is 12.2. The Balaban J connectivity index is 2.06. The summed E-state index contributed by atoms with van der Waals surface area (Å²) in [5.74, 6) is -0.661. The van der Waals surface area contributed by atoms with E-state index >= 15 is 0 Å². The average Bonchev–Trinajstić information content (AvgIpc) is 2.95. The Labute approximate surface area is 127 Å². The van der Waals surface area contributed by atoms with Crippen LogP contribution in [0.2, 0.25) is 0 Å². The van der Waals surface area contributed by atoms with Crippen LogP contribution >= 0.6 is 11.3 Å². The Hall–Kier alpha value is -2.16. The number of carbonyl (C=O) groups is 1. The molecule has 0 fully saturated rings. The first-order valence-corrected chi connectivity index (χ1v) is 7.05. The molecule has 0 saturated carbocycles. The van der Waals surface area contributed by atoms with Gasteiger partial charge in [0.25, 0.3) is 0 Å². The zero-order chi connectivity index (χ0) is 16.2. The molecule has 0 amide bonds. The van der Waals surface area contributed by atoms with E-state index in [4.69, 9.17) is 4.74 Å². The topological polar surface area (TPSA) is 61.3 Å². The third-order valence-corrected chi connectivity index (χ3v) is 3.25. The second kappa shape index (κ2) is 6.73. The van der Waals surface area contributed by atoms with Gasteiger partial charge in [-0.15, -0.1) is 11.3 Å². The van der Waals surface area contributed by atoms with Crippen LogP contribution in [0.25, 0.3) is 10.6 Å². The highest BCUT2D eigenvalue weighted by Gasteiger charge is 2.28. The highest BCUT2D eigenvalue weighted by atomic mass is 32.1. The van der Waals surface area contributed by atoms with Crippen LogP contribution in [0.1, 0.15) is 17.4 Å². The summed E-state index contributed by atoms with van der Waals surface area (Å²) in [6.45, 7) is 0.539. The van der Waals surface area contributed by atoms with Crippen LogP contribution in [0.5, 0.6) is 5.88 Å². The number of halogens is 3. The maximum absolute atomic E-state index is 12.0. The molecule has 2 heterocycles. The predicted octanol–water partition coefficient (Wildman–Crippen LogP) is 3.32. The van der Waals surface area contributed by atoms with Crippen LogP contribution in [-0.4, -0.2) is 35.3 Å². The second-order valence-corrected chi connectivity index (χ2v) is 4.91. The van der Waals surface area contributed by atoms with E-state index in [1.165, 1.54) is 29.7 Å². The number of alkyl halides is 3. The number of hydrogen-bond donors (Lipinski definition) is 0. The fourth-order valence-corrected chi connectivity index (χ4v) is 2.23. The summed E-state index contributed by atoms with van der Waals surface area (Å²) in [6, 6.07) is 2.83. The molecule has 0 aliphatic carbocycles. The molecule has 0 saturated heterocycles. The van der Waals surface area contributed by atoms with E-state index < -0.39 is 18.8 Å². The van der Waals surface area contributed by atoms with E-state index in [-0.39, 0.29) is 18.2 Å². The van der Waals surface area contributed by atoms with Crippen molar-refractivity contribution in [3.63, 3.8) is 0 Å². The van der Waals surface area contributed by atoms with E-state index in [1.54, 1.807) is 12.3 Å². The number of rotatable bonds is 5. The maximum atomic E-state index is 12.0. The third kappa shape index (κ3) is 4.42. The van der Waals surface area contributed by atoms with Gasteiger partial charge in [-0.1, -0.05) is 0 Å². The summed E-state index contributed by atoms with van der Waals surface area (Å²) in [4.78, 5) is 19.4. The van der Waals surface area contributed by atoms with Crippen molar-refractivity contribution in [2.24, 2.45) is 0 Å². The summed E-state index contributed by atoms with van der Waals surface area (Å²) in [7, 11) is 0. The van der Waals surface area contributed by atoms with Crippen molar-refractivity contribution >= 4 is 17.3 Å². The molecule has 5 nitrogen and oxygen atoms in total. The lowest BCUT2D eigenvalue weighted by molar-refractivity contribution is -0.154. The molecule has 0 unspecified atom stereocenters. The number of aromatic nitrogens is 2. The van der Waals surface area contributed by atoms with Gasteiger partial charge in [-0.05, 0) is 13.0 Å². The van der Waals surface area contributed by atoms with Crippen molar-refractivity contribution in [3.05, 3.63) is 29.4 Å². The Morgan fingerprint density at radius 1 is 1.36 bits per heavy atom. The summed E-state index contributed by atoms with van der Waals surface area (Å²) >= 11 is 1.21. The van der Waals surface area contributed by atoms with Crippen molar-refractivity contribution in [1.29, 1.82) is 0 Å². The fourth-order valence-electron chi connectivity index (χ4n) is 1.45. The van der Waals surface area contributed by atoms with Gasteiger partial charge in [-0.25, -0.2) is 14.8 Å². The molecule has 2 aromatic rings. The van der Waals surface area contributed by atoms with Crippen LogP contribution in [0, 0.1) is 0 Å². The fraction of sp³-hybridized carbons (Fsp3) is 0.308. The SMILES string of the molecule is CCOC(=O)c1csc(-c2ccc(OCC(F)(F)F)nc2)n1. The Morgan fingerprint density at radius 2 is 2.14 bits per heavy atom. The Morgan fingerprint density at radius 3 is 2.73 bits per heavy atom. The minimum atomic E-state index is -4.41. The van der Waals surface area contributed by atoms with Crippen molar-refractivity contribution in [2.45, 2.75) is 13.1 Å². The monoisotopic (exact) mass is 332 g/mol. The average molecular weight is 332 g/mol.